The van der Waals surface area contributed by atoms with Crippen LogP contribution < -0.4 is 5.32 Å². The molecule has 1 saturated heterocycles. The summed E-state index contributed by atoms with van der Waals surface area (Å²) in [6, 6.07) is 14.1. The Morgan fingerprint density at radius 3 is 2.36 bits per heavy atom. The molecule has 0 radical (unpaired) electrons. The number of rotatable bonds is 3. The maximum absolute atomic E-state index is 12.5. The monoisotopic (exact) mass is 357 g/mol. The van der Waals surface area contributed by atoms with Crippen molar-refractivity contribution in [1.82, 2.24) is 9.80 Å². The third kappa shape index (κ3) is 4.74. The number of nitrogens with one attached hydrogen (secondary N) is 1. The Morgan fingerprint density at radius 1 is 1.04 bits per heavy atom. The molecular weight excluding hydrogens is 334 g/mol. The SMILES string of the molecule is Cc1ccc(CN2CCN(C(=O)Nc3ccc(Cl)cc3C)CC2)cc1. The van der Waals surface area contributed by atoms with Gasteiger partial charge in [-0.3, -0.25) is 4.90 Å². The first-order valence-electron chi connectivity index (χ1n) is 8.61. The molecule has 0 unspecified atom stereocenters. The molecule has 0 saturated carbocycles. The first-order chi connectivity index (χ1) is 12.0. The number of urea groups is 1. The zero-order chi connectivity index (χ0) is 17.8. The van der Waals surface area contributed by atoms with Crippen molar-refractivity contribution >= 4 is 23.3 Å². The topological polar surface area (TPSA) is 35.6 Å². The number of anilines is 1. The van der Waals surface area contributed by atoms with E-state index >= 15 is 0 Å². The van der Waals surface area contributed by atoms with Crippen molar-refractivity contribution in [1.29, 1.82) is 0 Å². The highest BCUT2D eigenvalue weighted by molar-refractivity contribution is 6.30. The second-order valence-electron chi connectivity index (χ2n) is 6.64. The zero-order valence-electron chi connectivity index (χ0n) is 14.8. The predicted molar refractivity (Wildman–Crippen MR) is 103 cm³/mol. The number of amides is 2. The van der Waals surface area contributed by atoms with E-state index in [-0.39, 0.29) is 6.03 Å². The number of benzene rings is 2. The summed E-state index contributed by atoms with van der Waals surface area (Å²) in [7, 11) is 0. The Bertz CT molecular complexity index is 737. The van der Waals surface area contributed by atoms with Crippen LogP contribution in [0.2, 0.25) is 5.02 Å². The second-order valence-corrected chi connectivity index (χ2v) is 7.07. The van der Waals surface area contributed by atoms with Gasteiger partial charge < -0.3 is 10.2 Å². The van der Waals surface area contributed by atoms with Crippen molar-refractivity contribution in [2.45, 2.75) is 20.4 Å². The van der Waals surface area contributed by atoms with Gasteiger partial charge in [0.1, 0.15) is 0 Å². The van der Waals surface area contributed by atoms with Gasteiger partial charge >= 0.3 is 6.03 Å². The van der Waals surface area contributed by atoms with Crippen LogP contribution in [0.25, 0.3) is 0 Å². The molecule has 0 spiro atoms. The number of hydrogen-bond donors (Lipinski definition) is 1. The first-order valence-corrected chi connectivity index (χ1v) is 8.99. The van der Waals surface area contributed by atoms with Crippen LogP contribution in [0.15, 0.2) is 42.5 Å². The fraction of sp³-hybridized carbons (Fsp3) is 0.350. The average Bonchev–Trinajstić information content (AvgIpc) is 2.60. The van der Waals surface area contributed by atoms with Gasteiger partial charge in [0, 0.05) is 43.4 Å². The lowest BCUT2D eigenvalue weighted by molar-refractivity contribution is 0.143. The number of piperazine rings is 1. The lowest BCUT2D eigenvalue weighted by Crippen LogP contribution is -2.49. The van der Waals surface area contributed by atoms with Gasteiger partial charge in [0.05, 0.1) is 0 Å². The van der Waals surface area contributed by atoms with E-state index in [0.29, 0.717) is 5.02 Å². The van der Waals surface area contributed by atoms with E-state index in [1.54, 1.807) is 6.07 Å². The van der Waals surface area contributed by atoms with E-state index in [1.807, 2.05) is 24.0 Å². The molecule has 1 aliphatic heterocycles. The molecule has 1 N–H and O–H groups in total. The third-order valence-electron chi connectivity index (χ3n) is 4.62. The Morgan fingerprint density at radius 2 is 1.72 bits per heavy atom. The van der Waals surface area contributed by atoms with Crippen molar-refractivity contribution in [2.75, 3.05) is 31.5 Å². The molecule has 1 fully saturated rings. The summed E-state index contributed by atoms with van der Waals surface area (Å²) >= 11 is 5.96. The highest BCUT2D eigenvalue weighted by Gasteiger charge is 2.21. The summed E-state index contributed by atoms with van der Waals surface area (Å²) in [5.74, 6) is 0. The number of carbonyl (C=O) groups excluding carboxylic acids is 1. The quantitative estimate of drug-likeness (QED) is 0.888. The lowest BCUT2D eigenvalue weighted by atomic mass is 10.1. The van der Waals surface area contributed by atoms with E-state index in [0.717, 1.165) is 44.0 Å². The van der Waals surface area contributed by atoms with Gasteiger partial charge in [0.25, 0.3) is 0 Å². The average molecular weight is 358 g/mol. The molecule has 5 heteroatoms. The van der Waals surface area contributed by atoms with Crippen molar-refractivity contribution in [3.05, 3.63) is 64.2 Å². The maximum Gasteiger partial charge on any atom is 0.321 e. The molecule has 0 aliphatic carbocycles. The van der Waals surface area contributed by atoms with Crippen LogP contribution in [0, 0.1) is 13.8 Å². The maximum atomic E-state index is 12.5. The molecule has 1 heterocycles. The lowest BCUT2D eigenvalue weighted by Gasteiger charge is -2.34. The Labute approximate surface area is 154 Å². The van der Waals surface area contributed by atoms with Gasteiger partial charge in [0.2, 0.25) is 0 Å². The standard InChI is InChI=1S/C20H24ClN3O/c1-15-3-5-17(6-4-15)14-23-9-11-24(12-10-23)20(25)22-19-8-7-18(21)13-16(19)2/h3-8,13H,9-12,14H2,1-2H3,(H,22,25). The molecule has 4 nitrogen and oxygen atoms in total. The largest absolute Gasteiger partial charge is 0.322 e. The van der Waals surface area contributed by atoms with Crippen molar-refractivity contribution < 1.29 is 4.79 Å². The normalized spacial score (nSPS) is 15.2. The summed E-state index contributed by atoms with van der Waals surface area (Å²) in [6.07, 6.45) is 0. The number of carbonyl (C=O) groups is 1. The molecule has 2 aromatic rings. The van der Waals surface area contributed by atoms with Gasteiger partial charge in [-0.05, 0) is 43.2 Å². The summed E-state index contributed by atoms with van der Waals surface area (Å²) in [5.41, 5.74) is 4.39. The number of nitrogens with zero attached hydrogens (tertiary/aromatic N) is 2. The summed E-state index contributed by atoms with van der Waals surface area (Å²) in [4.78, 5) is 16.7. The van der Waals surface area contributed by atoms with Gasteiger partial charge in [-0.1, -0.05) is 41.4 Å². The van der Waals surface area contributed by atoms with E-state index in [4.69, 9.17) is 11.6 Å². The van der Waals surface area contributed by atoms with Crippen LogP contribution in [0.5, 0.6) is 0 Å². The molecule has 0 aromatic heterocycles. The van der Waals surface area contributed by atoms with E-state index < -0.39 is 0 Å². The van der Waals surface area contributed by atoms with Crippen LogP contribution in [0.4, 0.5) is 10.5 Å². The van der Waals surface area contributed by atoms with Crippen LogP contribution in [-0.4, -0.2) is 42.0 Å². The molecule has 1 aliphatic rings. The highest BCUT2D eigenvalue weighted by Crippen LogP contribution is 2.20. The van der Waals surface area contributed by atoms with Crippen molar-refractivity contribution in [3.8, 4) is 0 Å². The molecule has 0 atom stereocenters. The van der Waals surface area contributed by atoms with Crippen LogP contribution in [-0.2, 0) is 6.54 Å². The molecule has 2 amide bonds. The van der Waals surface area contributed by atoms with E-state index in [2.05, 4.69) is 41.4 Å². The minimum Gasteiger partial charge on any atom is -0.322 e. The highest BCUT2D eigenvalue weighted by atomic mass is 35.5. The van der Waals surface area contributed by atoms with Gasteiger partial charge in [-0.15, -0.1) is 0 Å². The Hall–Kier alpha value is -2.04. The summed E-state index contributed by atoms with van der Waals surface area (Å²) in [5, 5.41) is 3.67. The fourth-order valence-electron chi connectivity index (χ4n) is 3.02. The number of aryl methyl sites for hydroxylation is 2. The number of hydrogen-bond acceptors (Lipinski definition) is 2. The Balaban J connectivity index is 1.51. The van der Waals surface area contributed by atoms with Crippen molar-refractivity contribution in [3.63, 3.8) is 0 Å². The summed E-state index contributed by atoms with van der Waals surface area (Å²) in [6.45, 7) is 8.24. The molecule has 132 valence electrons. The van der Waals surface area contributed by atoms with Gasteiger partial charge in [-0.25, -0.2) is 4.79 Å². The van der Waals surface area contributed by atoms with Crippen molar-refractivity contribution in [2.24, 2.45) is 0 Å². The fourth-order valence-corrected chi connectivity index (χ4v) is 3.25. The number of halogens is 1. The molecule has 25 heavy (non-hydrogen) atoms. The molecule has 3 rings (SSSR count). The minimum atomic E-state index is -0.0413. The van der Waals surface area contributed by atoms with E-state index in [9.17, 15) is 4.79 Å². The first kappa shape index (κ1) is 17.8. The molecular formula is C20H24ClN3O. The van der Waals surface area contributed by atoms with Gasteiger partial charge in [0.15, 0.2) is 0 Å². The molecule has 0 bridgehead atoms. The summed E-state index contributed by atoms with van der Waals surface area (Å²) < 4.78 is 0. The van der Waals surface area contributed by atoms with Crippen LogP contribution in [0.3, 0.4) is 0 Å². The van der Waals surface area contributed by atoms with Gasteiger partial charge in [-0.2, -0.15) is 0 Å². The molecule has 2 aromatic carbocycles. The van der Waals surface area contributed by atoms with E-state index in [1.165, 1.54) is 11.1 Å². The second kappa shape index (κ2) is 7.89. The van der Waals surface area contributed by atoms with Crippen LogP contribution >= 0.6 is 11.6 Å². The smallest absolute Gasteiger partial charge is 0.321 e. The Kier molecular flexibility index (Phi) is 5.61. The third-order valence-corrected chi connectivity index (χ3v) is 4.85. The van der Waals surface area contributed by atoms with Crippen LogP contribution in [0.1, 0.15) is 16.7 Å². The predicted octanol–water partition coefficient (Wildman–Crippen LogP) is 4.31. The zero-order valence-corrected chi connectivity index (χ0v) is 15.5. The minimum absolute atomic E-state index is 0.0413.